The van der Waals surface area contributed by atoms with E-state index in [2.05, 4.69) is 34.0 Å². The van der Waals surface area contributed by atoms with Gasteiger partial charge in [0.15, 0.2) is 0 Å². The highest BCUT2D eigenvalue weighted by Crippen LogP contribution is 2.36. The Hall–Kier alpha value is -1.14. The molecule has 2 aromatic rings. The highest BCUT2D eigenvalue weighted by molar-refractivity contribution is 7.99. The molecule has 4 nitrogen and oxygen atoms in total. The SMILES string of the molecule is COc1cc(Sc2cc(Cl)cc(Cl)n2)ccc1N1CCN(C)CC1. The van der Waals surface area contributed by atoms with Crippen LogP contribution in [0.15, 0.2) is 40.3 Å². The van der Waals surface area contributed by atoms with E-state index in [-0.39, 0.29) is 0 Å². The van der Waals surface area contributed by atoms with E-state index in [0.717, 1.165) is 47.5 Å². The van der Waals surface area contributed by atoms with E-state index in [0.29, 0.717) is 10.2 Å². The normalized spacial score (nSPS) is 15.6. The fourth-order valence-corrected chi connectivity index (χ4v) is 4.11. The molecule has 24 heavy (non-hydrogen) atoms. The average molecular weight is 384 g/mol. The first-order chi connectivity index (χ1) is 11.5. The molecule has 2 heterocycles. The molecule has 0 atom stereocenters. The van der Waals surface area contributed by atoms with Crippen molar-refractivity contribution in [3.63, 3.8) is 0 Å². The average Bonchev–Trinajstić information content (AvgIpc) is 2.54. The van der Waals surface area contributed by atoms with Crippen LogP contribution < -0.4 is 9.64 Å². The second-order valence-electron chi connectivity index (χ2n) is 5.67. The van der Waals surface area contributed by atoms with Gasteiger partial charge in [0, 0.05) is 36.1 Å². The van der Waals surface area contributed by atoms with Gasteiger partial charge in [0.1, 0.15) is 15.9 Å². The van der Waals surface area contributed by atoms with E-state index in [1.807, 2.05) is 6.07 Å². The minimum Gasteiger partial charge on any atom is -0.495 e. The number of rotatable bonds is 4. The van der Waals surface area contributed by atoms with Crippen LogP contribution in [-0.2, 0) is 0 Å². The summed E-state index contributed by atoms with van der Waals surface area (Å²) in [4.78, 5) is 10.0. The van der Waals surface area contributed by atoms with Crippen molar-refractivity contribution in [2.24, 2.45) is 0 Å². The van der Waals surface area contributed by atoms with Crippen molar-refractivity contribution in [3.8, 4) is 5.75 Å². The number of halogens is 2. The molecule has 1 aliphatic heterocycles. The molecular formula is C17H19Cl2N3OS. The van der Waals surface area contributed by atoms with Gasteiger partial charge in [0.05, 0.1) is 12.8 Å². The fraction of sp³-hybridized carbons (Fsp3) is 0.353. The van der Waals surface area contributed by atoms with E-state index in [4.69, 9.17) is 27.9 Å². The Morgan fingerprint density at radius 2 is 1.83 bits per heavy atom. The topological polar surface area (TPSA) is 28.6 Å². The summed E-state index contributed by atoms with van der Waals surface area (Å²) in [7, 11) is 3.86. The Labute approximate surface area is 156 Å². The molecular weight excluding hydrogens is 365 g/mol. The highest BCUT2D eigenvalue weighted by atomic mass is 35.5. The van der Waals surface area contributed by atoms with Crippen molar-refractivity contribution >= 4 is 40.7 Å². The van der Waals surface area contributed by atoms with Gasteiger partial charge < -0.3 is 14.5 Å². The predicted molar refractivity (Wildman–Crippen MR) is 101 cm³/mol. The smallest absolute Gasteiger partial charge is 0.143 e. The Morgan fingerprint density at radius 1 is 1.08 bits per heavy atom. The molecule has 1 saturated heterocycles. The predicted octanol–water partition coefficient (Wildman–Crippen LogP) is 4.30. The summed E-state index contributed by atoms with van der Waals surface area (Å²) in [6.45, 7) is 4.13. The monoisotopic (exact) mass is 383 g/mol. The lowest BCUT2D eigenvalue weighted by Crippen LogP contribution is -2.44. The molecule has 1 fully saturated rings. The third-order valence-corrected chi connectivity index (χ3v) is 5.27. The Morgan fingerprint density at radius 3 is 2.50 bits per heavy atom. The van der Waals surface area contributed by atoms with Crippen molar-refractivity contribution in [2.75, 3.05) is 45.2 Å². The lowest BCUT2D eigenvalue weighted by Gasteiger charge is -2.34. The van der Waals surface area contributed by atoms with Gasteiger partial charge in [-0.1, -0.05) is 35.0 Å². The highest BCUT2D eigenvalue weighted by Gasteiger charge is 2.18. The second kappa shape index (κ2) is 7.83. The first-order valence-corrected chi connectivity index (χ1v) is 9.25. The number of nitrogens with zero attached hydrogens (tertiary/aromatic N) is 3. The van der Waals surface area contributed by atoms with E-state index in [9.17, 15) is 0 Å². The molecule has 0 aliphatic carbocycles. The maximum atomic E-state index is 6.04. The minimum absolute atomic E-state index is 0.394. The molecule has 0 radical (unpaired) electrons. The van der Waals surface area contributed by atoms with Gasteiger partial charge in [-0.25, -0.2) is 4.98 Å². The minimum atomic E-state index is 0.394. The zero-order chi connectivity index (χ0) is 17.1. The van der Waals surface area contributed by atoms with E-state index >= 15 is 0 Å². The molecule has 0 spiro atoms. The fourth-order valence-electron chi connectivity index (χ4n) is 2.65. The molecule has 1 aliphatic rings. The molecule has 1 aromatic carbocycles. The van der Waals surface area contributed by atoms with Gasteiger partial charge >= 0.3 is 0 Å². The number of likely N-dealkylation sites (N-methyl/N-ethyl adjacent to an activating group) is 1. The standard InChI is InChI=1S/C17H19Cl2N3OS/c1-21-5-7-22(8-6-21)14-4-3-13(11-15(14)23-2)24-17-10-12(18)9-16(19)20-17/h3-4,9-11H,5-8H2,1-2H3. The summed E-state index contributed by atoms with van der Waals surface area (Å²) in [5, 5.41) is 1.74. The van der Waals surface area contributed by atoms with E-state index in [1.54, 1.807) is 19.2 Å². The number of piperazine rings is 1. The first kappa shape index (κ1) is 17.7. The van der Waals surface area contributed by atoms with Crippen LogP contribution in [-0.4, -0.2) is 50.2 Å². The van der Waals surface area contributed by atoms with Crippen molar-refractivity contribution < 1.29 is 4.74 Å². The third-order valence-electron chi connectivity index (χ3n) is 3.95. The summed E-state index contributed by atoms with van der Waals surface area (Å²) in [6.07, 6.45) is 0. The van der Waals surface area contributed by atoms with E-state index < -0.39 is 0 Å². The summed E-state index contributed by atoms with van der Waals surface area (Å²) < 4.78 is 5.61. The van der Waals surface area contributed by atoms with Crippen LogP contribution in [0.4, 0.5) is 5.69 Å². The van der Waals surface area contributed by atoms with Gasteiger partial charge in [-0.15, -0.1) is 0 Å². The molecule has 0 bridgehead atoms. The van der Waals surface area contributed by atoms with Crippen molar-refractivity contribution in [1.29, 1.82) is 0 Å². The maximum Gasteiger partial charge on any atom is 0.143 e. The van der Waals surface area contributed by atoms with Gasteiger partial charge in [0.2, 0.25) is 0 Å². The molecule has 3 rings (SSSR count). The zero-order valence-corrected chi connectivity index (χ0v) is 16.0. The summed E-state index contributed by atoms with van der Waals surface area (Å²) in [5.74, 6) is 0.873. The number of hydrogen-bond donors (Lipinski definition) is 0. The molecule has 0 unspecified atom stereocenters. The quantitative estimate of drug-likeness (QED) is 0.733. The molecule has 7 heteroatoms. The molecule has 0 saturated carbocycles. The largest absolute Gasteiger partial charge is 0.495 e. The van der Waals surface area contributed by atoms with Crippen molar-refractivity contribution in [1.82, 2.24) is 9.88 Å². The van der Waals surface area contributed by atoms with Crippen LogP contribution in [0, 0.1) is 0 Å². The number of ether oxygens (including phenoxy) is 1. The maximum absolute atomic E-state index is 6.04. The zero-order valence-electron chi connectivity index (χ0n) is 13.6. The number of anilines is 1. The Bertz CT molecular complexity index is 701. The molecule has 0 amide bonds. The number of methoxy groups -OCH3 is 1. The second-order valence-corrected chi connectivity index (χ2v) is 7.59. The van der Waals surface area contributed by atoms with Crippen molar-refractivity contribution in [2.45, 2.75) is 9.92 Å². The van der Waals surface area contributed by atoms with Gasteiger partial charge in [-0.05, 0) is 37.4 Å². The van der Waals surface area contributed by atoms with Crippen LogP contribution in [0.1, 0.15) is 0 Å². The van der Waals surface area contributed by atoms with Crippen molar-refractivity contribution in [3.05, 3.63) is 40.5 Å². The van der Waals surface area contributed by atoms with Crippen LogP contribution in [0.5, 0.6) is 5.75 Å². The van der Waals surface area contributed by atoms with Crippen LogP contribution in [0.3, 0.4) is 0 Å². The summed E-state index contributed by atoms with van der Waals surface area (Å²) in [6, 6.07) is 9.66. The van der Waals surface area contributed by atoms with Gasteiger partial charge in [0.25, 0.3) is 0 Å². The lowest BCUT2D eigenvalue weighted by molar-refractivity contribution is 0.311. The van der Waals surface area contributed by atoms with Gasteiger partial charge in [-0.2, -0.15) is 0 Å². The first-order valence-electron chi connectivity index (χ1n) is 7.67. The number of hydrogen-bond acceptors (Lipinski definition) is 5. The van der Waals surface area contributed by atoms with Crippen LogP contribution in [0.25, 0.3) is 0 Å². The molecule has 0 N–H and O–H groups in total. The summed E-state index contributed by atoms with van der Waals surface area (Å²) in [5.41, 5.74) is 1.13. The van der Waals surface area contributed by atoms with Crippen LogP contribution >= 0.6 is 35.0 Å². The number of aromatic nitrogens is 1. The molecule has 128 valence electrons. The van der Waals surface area contributed by atoms with Crippen LogP contribution in [0.2, 0.25) is 10.2 Å². The number of pyridine rings is 1. The van der Waals surface area contributed by atoms with E-state index in [1.165, 1.54) is 11.8 Å². The lowest BCUT2D eigenvalue weighted by atomic mass is 10.2. The summed E-state index contributed by atoms with van der Waals surface area (Å²) >= 11 is 13.5. The number of benzene rings is 1. The Balaban J connectivity index is 1.81. The van der Waals surface area contributed by atoms with Gasteiger partial charge in [-0.3, -0.25) is 0 Å². The third kappa shape index (κ3) is 4.28. The Kier molecular flexibility index (Phi) is 5.76. The molecule has 1 aromatic heterocycles.